The van der Waals surface area contributed by atoms with Crippen LogP contribution >= 0.6 is 0 Å². The van der Waals surface area contributed by atoms with Crippen molar-refractivity contribution < 1.29 is 0 Å². The molecule has 0 aliphatic carbocycles. The Kier molecular flexibility index (Phi) is 9.10. The van der Waals surface area contributed by atoms with E-state index in [0.29, 0.717) is 17.5 Å². The number of aromatic nitrogens is 5. The molecule has 0 bridgehead atoms. The van der Waals surface area contributed by atoms with E-state index in [9.17, 15) is 0 Å². The summed E-state index contributed by atoms with van der Waals surface area (Å²) in [6.45, 7) is 0. The third kappa shape index (κ3) is 6.84. The molecule has 5 heteroatoms. The van der Waals surface area contributed by atoms with Crippen LogP contribution in [0.25, 0.3) is 106 Å². The van der Waals surface area contributed by atoms with Crippen molar-refractivity contribution >= 4 is 21.7 Å². The Morgan fingerprint density at radius 3 is 1.39 bits per heavy atom. The van der Waals surface area contributed by atoms with Gasteiger partial charge < -0.3 is 0 Å². The lowest BCUT2D eigenvalue weighted by Crippen LogP contribution is -2.00. The summed E-state index contributed by atoms with van der Waals surface area (Å²) in [5.41, 5.74) is 13.6. The monoisotopic (exact) mass is 779 g/mol. The average molecular weight is 780 g/mol. The first-order valence-electron chi connectivity index (χ1n) is 20.5. The molecular weight excluding hydrogens is 743 g/mol. The molecular formula is C56H37N5. The lowest BCUT2D eigenvalue weighted by molar-refractivity contribution is 0.918. The molecule has 0 N–H and O–H groups in total. The Balaban J connectivity index is 1.05. The first-order chi connectivity index (χ1) is 30.2. The third-order valence-corrected chi connectivity index (χ3v) is 11.3. The van der Waals surface area contributed by atoms with Gasteiger partial charge in [0.1, 0.15) is 5.69 Å². The van der Waals surface area contributed by atoms with Crippen molar-refractivity contribution in [1.82, 2.24) is 24.7 Å². The quantitative estimate of drug-likeness (QED) is 0.154. The van der Waals surface area contributed by atoms with Gasteiger partial charge >= 0.3 is 0 Å². The molecule has 11 aromatic rings. The molecule has 0 saturated carbocycles. The lowest BCUT2D eigenvalue weighted by Gasteiger charge is -2.13. The molecule has 0 fully saturated rings. The van der Waals surface area contributed by atoms with E-state index in [4.69, 9.17) is 20.1 Å². The second-order valence-corrected chi connectivity index (χ2v) is 15.1. The van der Waals surface area contributed by atoms with Gasteiger partial charge in [-0.15, -0.1) is 0 Å². The molecule has 0 spiro atoms. The highest BCUT2D eigenvalue weighted by Gasteiger charge is 2.22. The summed E-state index contributed by atoms with van der Waals surface area (Å²) in [5, 5.41) is 8.78. The van der Waals surface area contributed by atoms with Crippen molar-refractivity contribution in [2.45, 2.75) is 0 Å². The molecule has 2 heterocycles. The predicted molar refractivity (Wildman–Crippen MR) is 250 cm³/mol. The van der Waals surface area contributed by atoms with Crippen molar-refractivity contribution in [3.63, 3.8) is 0 Å². The maximum absolute atomic E-state index is 5.39. The summed E-state index contributed by atoms with van der Waals surface area (Å²) in [6.07, 6.45) is 0. The van der Waals surface area contributed by atoms with Gasteiger partial charge in [-0.1, -0.05) is 194 Å². The van der Waals surface area contributed by atoms with Crippen LogP contribution in [0.15, 0.2) is 224 Å². The van der Waals surface area contributed by atoms with Crippen molar-refractivity contribution in [3.05, 3.63) is 224 Å². The van der Waals surface area contributed by atoms with Crippen LogP contribution in [-0.2, 0) is 0 Å². The maximum atomic E-state index is 5.39. The summed E-state index contributed by atoms with van der Waals surface area (Å²) in [5.74, 6) is 1.88. The average Bonchev–Trinajstić information content (AvgIpc) is 3.76. The standard InChI is InChI=1S/C56H37N5/c1-6-17-38(18-7-1)44-25-16-26-47(35-44)56-58-54(42-23-12-4-13-24-42)57-55(59-56)43-31-29-39(30-32-43)45-33-34-46-37-49(40-19-8-2-9-20-40)51-52(41-21-10-3-11-22-41)60-61(53(51)50(46)36-45)48-27-14-5-15-28-48/h1-37H. The zero-order chi connectivity index (χ0) is 40.5. The highest BCUT2D eigenvalue weighted by Crippen LogP contribution is 2.43. The molecule has 0 unspecified atom stereocenters. The van der Waals surface area contributed by atoms with E-state index in [1.165, 1.54) is 0 Å². The molecule has 0 radical (unpaired) electrons. The number of hydrogen-bond donors (Lipinski definition) is 0. The Bertz CT molecular complexity index is 3310. The zero-order valence-electron chi connectivity index (χ0n) is 33.1. The van der Waals surface area contributed by atoms with Crippen LogP contribution in [0, 0.1) is 0 Å². The molecule has 0 aliphatic rings. The molecule has 286 valence electrons. The maximum Gasteiger partial charge on any atom is 0.164 e. The molecule has 0 aliphatic heterocycles. The minimum Gasteiger partial charge on any atom is -0.232 e. The molecule has 0 amide bonds. The van der Waals surface area contributed by atoms with E-state index in [2.05, 4.69) is 187 Å². The van der Waals surface area contributed by atoms with E-state index in [0.717, 1.165) is 88.7 Å². The van der Waals surface area contributed by atoms with Gasteiger partial charge in [0, 0.05) is 33.0 Å². The second-order valence-electron chi connectivity index (χ2n) is 15.1. The van der Waals surface area contributed by atoms with E-state index < -0.39 is 0 Å². The Hall–Kier alpha value is -8.28. The van der Waals surface area contributed by atoms with Gasteiger partial charge in [-0.05, 0) is 69.1 Å². The SMILES string of the molecule is c1ccc(-c2cccc(-c3nc(-c4ccccc4)nc(-c4ccc(-c5ccc6cc(-c7ccccc7)c7c(-c8ccccc8)nn(-c8ccccc8)c7c6c5)cc4)n3)c2)cc1. The summed E-state index contributed by atoms with van der Waals surface area (Å²) < 4.78 is 2.12. The van der Waals surface area contributed by atoms with E-state index in [-0.39, 0.29) is 0 Å². The highest BCUT2D eigenvalue weighted by atomic mass is 15.3. The Labute approximate surface area is 354 Å². The lowest BCUT2D eigenvalue weighted by atomic mass is 9.92. The Morgan fingerprint density at radius 1 is 0.311 bits per heavy atom. The van der Waals surface area contributed by atoms with Crippen LogP contribution in [-0.4, -0.2) is 24.7 Å². The first-order valence-corrected chi connectivity index (χ1v) is 20.5. The smallest absolute Gasteiger partial charge is 0.164 e. The zero-order valence-corrected chi connectivity index (χ0v) is 33.1. The molecule has 2 aromatic heterocycles. The largest absolute Gasteiger partial charge is 0.232 e. The van der Waals surface area contributed by atoms with Gasteiger partial charge in [0.2, 0.25) is 0 Å². The van der Waals surface area contributed by atoms with Crippen LogP contribution in [0.2, 0.25) is 0 Å². The normalized spacial score (nSPS) is 11.3. The molecule has 11 rings (SSSR count). The predicted octanol–water partition coefficient (Wildman–Crippen LogP) is 14.0. The van der Waals surface area contributed by atoms with Crippen molar-refractivity contribution in [2.75, 3.05) is 0 Å². The minimum atomic E-state index is 0.620. The van der Waals surface area contributed by atoms with Crippen LogP contribution in [0.3, 0.4) is 0 Å². The number of nitrogens with zero attached hydrogens (tertiary/aromatic N) is 5. The number of rotatable bonds is 8. The minimum absolute atomic E-state index is 0.620. The van der Waals surface area contributed by atoms with Crippen LogP contribution in [0.1, 0.15) is 0 Å². The second kappa shape index (κ2) is 15.5. The number of para-hydroxylation sites is 1. The molecule has 61 heavy (non-hydrogen) atoms. The summed E-state index contributed by atoms with van der Waals surface area (Å²) in [6, 6.07) is 78.1. The van der Waals surface area contributed by atoms with Crippen molar-refractivity contribution in [3.8, 4) is 84.5 Å². The number of fused-ring (bicyclic) bond motifs is 3. The van der Waals surface area contributed by atoms with E-state index in [1.807, 2.05) is 42.5 Å². The molecule has 5 nitrogen and oxygen atoms in total. The van der Waals surface area contributed by atoms with Gasteiger partial charge in [-0.25, -0.2) is 19.6 Å². The van der Waals surface area contributed by atoms with Crippen LogP contribution in [0.4, 0.5) is 0 Å². The van der Waals surface area contributed by atoms with Crippen molar-refractivity contribution in [1.29, 1.82) is 0 Å². The summed E-state index contributed by atoms with van der Waals surface area (Å²) >= 11 is 0. The van der Waals surface area contributed by atoms with Crippen molar-refractivity contribution in [2.24, 2.45) is 0 Å². The fraction of sp³-hybridized carbons (Fsp3) is 0. The van der Waals surface area contributed by atoms with Crippen LogP contribution < -0.4 is 0 Å². The van der Waals surface area contributed by atoms with Gasteiger partial charge in [0.05, 0.1) is 11.2 Å². The number of hydrogen-bond acceptors (Lipinski definition) is 4. The fourth-order valence-electron chi connectivity index (χ4n) is 8.25. The summed E-state index contributed by atoms with van der Waals surface area (Å²) in [4.78, 5) is 15.1. The molecule has 0 atom stereocenters. The summed E-state index contributed by atoms with van der Waals surface area (Å²) in [7, 11) is 0. The molecule has 9 aromatic carbocycles. The van der Waals surface area contributed by atoms with Gasteiger partial charge in [-0.2, -0.15) is 5.10 Å². The van der Waals surface area contributed by atoms with Gasteiger partial charge in [-0.3, -0.25) is 0 Å². The first kappa shape index (κ1) is 35.8. The van der Waals surface area contributed by atoms with E-state index in [1.54, 1.807) is 0 Å². The topological polar surface area (TPSA) is 56.5 Å². The molecule has 0 saturated heterocycles. The van der Waals surface area contributed by atoms with Gasteiger partial charge in [0.25, 0.3) is 0 Å². The van der Waals surface area contributed by atoms with E-state index >= 15 is 0 Å². The highest BCUT2D eigenvalue weighted by molar-refractivity contribution is 6.18. The third-order valence-electron chi connectivity index (χ3n) is 11.3. The fourth-order valence-corrected chi connectivity index (χ4v) is 8.25. The Morgan fingerprint density at radius 2 is 0.754 bits per heavy atom. The van der Waals surface area contributed by atoms with Crippen LogP contribution in [0.5, 0.6) is 0 Å². The van der Waals surface area contributed by atoms with Gasteiger partial charge in [0.15, 0.2) is 17.5 Å². The number of benzene rings is 9.